The Morgan fingerprint density at radius 3 is 2.29 bits per heavy atom. The molecule has 1 aliphatic rings. The Kier molecular flexibility index (Phi) is 7.37. The highest BCUT2D eigenvalue weighted by molar-refractivity contribution is 6.01. The van der Waals surface area contributed by atoms with Crippen molar-refractivity contribution in [3.63, 3.8) is 0 Å². The first-order valence-electron chi connectivity index (χ1n) is 13.6. The lowest BCUT2D eigenvalue weighted by molar-refractivity contribution is 0.0697. The van der Waals surface area contributed by atoms with E-state index in [4.69, 9.17) is 11.1 Å². The molecule has 7 heteroatoms. The van der Waals surface area contributed by atoms with Crippen LogP contribution < -0.4 is 16.4 Å². The van der Waals surface area contributed by atoms with E-state index in [0.29, 0.717) is 16.7 Å². The number of amidine groups is 1. The fourth-order valence-corrected chi connectivity index (χ4v) is 5.43. The lowest BCUT2D eigenvalue weighted by Gasteiger charge is -2.34. The van der Waals surface area contributed by atoms with E-state index in [0.717, 1.165) is 28.8 Å². The number of carboxylic acids is 1. The molecule has 0 radical (unpaired) electrons. The highest BCUT2D eigenvalue weighted by atomic mass is 16.4. The van der Waals surface area contributed by atoms with Gasteiger partial charge in [-0.25, -0.2) is 4.79 Å². The number of carbonyl (C=O) groups is 2. The fourth-order valence-electron chi connectivity index (χ4n) is 5.43. The zero-order valence-corrected chi connectivity index (χ0v) is 23.4. The molecule has 208 valence electrons. The Morgan fingerprint density at radius 1 is 0.902 bits per heavy atom. The van der Waals surface area contributed by atoms with Crippen molar-refractivity contribution in [2.75, 3.05) is 5.32 Å². The average Bonchev–Trinajstić information content (AvgIpc) is 2.95. The lowest BCUT2D eigenvalue weighted by atomic mass is 9.79. The Morgan fingerprint density at radius 2 is 1.61 bits per heavy atom. The second-order valence-electron chi connectivity index (χ2n) is 11.5. The molecule has 0 saturated carbocycles. The van der Waals surface area contributed by atoms with E-state index < -0.39 is 11.5 Å². The molecular formula is C34H34N4O3. The molecule has 0 saturated heterocycles. The summed E-state index contributed by atoms with van der Waals surface area (Å²) in [6, 6.07) is 28.8. The number of carboxylic acid groups (broad SMARTS) is 1. The van der Waals surface area contributed by atoms with Crippen LogP contribution in [0.5, 0.6) is 0 Å². The third-order valence-electron chi connectivity index (χ3n) is 7.34. The summed E-state index contributed by atoms with van der Waals surface area (Å²) in [5.41, 5.74) is 12.0. The van der Waals surface area contributed by atoms with Gasteiger partial charge in [0.2, 0.25) is 0 Å². The van der Waals surface area contributed by atoms with E-state index in [9.17, 15) is 14.7 Å². The average molecular weight is 547 g/mol. The van der Waals surface area contributed by atoms with Crippen LogP contribution in [0.4, 0.5) is 5.69 Å². The van der Waals surface area contributed by atoms with Crippen LogP contribution in [0.25, 0.3) is 11.1 Å². The van der Waals surface area contributed by atoms with Crippen LogP contribution in [0.1, 0.15) is 82.1 Å². The van der Waals surface area contributed by atoms with E-state index >= 15 is 0 Å². The van der Waals surface area contributed by atoms with Gasteiger partial charge in [-0.2, -0.15) is 0 Å². The summed E-state index contributed by atoms with van der Waals surface area (Å²) in [6.45, 7) is 5.64. The molecule has 2 atom stereocenters. The molecule has 1 aliphatic heterocycles. The Hall–Kier alpha value is -4.91. The van der Waals surface area contributed by atoms with E-state index in [2.05, 4.69) is 22.8 Å². The fraction of sp³-hybridized carbons (Fsp3) is 0.206. The predicted molar refractivity (Wildman–Crippen MR) is 163 cm³/mol. The zero-order valence-electron chi connectivity index (χ0n) is 23.4. The van der Waals surface area contributed by atoms with Crippen LogP contribution >= 0.6 is 0 Å². The normalized spacial score (nSPS) is 16.3. The molecule has 6 N–H and O–H groups in total. The summed E-state index contributed by atoms with van der Waals surface area (Å²) in [5.74, 6) is -1.29. The van der Waals surface area contributed by atoms with E-state index in [1.54, 1.807) is 12.1 Å². The van der Waals surface area contributed by atoms with Gasteiger partial charge in [0.05, 0.1) is 11.6 Å². The predicted octanol–water partition coefficient (Wildman–Crippen LogP) is 6.55. The van der Waals surface area contributed by atoms with Crippen molar-refractivity contribution < 1.29 is 14.7 Å². The zero-order chi connectivity index (χ0) is 29.3. The summed E-state index contributed by atoms with van der Waals surface area (Å²) in [7, 11) is 0. The highest BCUT2D eigenvalue weighted by Crippen LogP contribution is 2.44. The van der Waals surface area contributed by atoms with Crippen LogP contribution in [0.3, 0.4) is 0 Å². The van der Waals surface area contributed by atoms with Crippen molar-refractivity contribution in [1.82, 2.24) is 5.32 Å². The van der Waals surface area contributed by atoms with Crippen molar-refractivity contribution >= 4 is 23.4 Å². The molecule has 4 aromatic carbocycles. The molecule has 0 spiro atoms. The number of carbonyl (C=O) groups excluding carboxylic acids is 1. The van der Waals surface area contributed by atoms with Crippen LogP contribution in [0.15, 0.2) is 91.0 Å². The Balaban J connectivity index is 1.52. The Labute approximate surface area is 239 Å². The molecule has 5 rings (SSSR count). The number of rotatable bonds is 6. The van der Waals surface area contributed by atoms with Gasteiger partial charge in [-0.3, -0.25) is 10.2 Å². The van der Waals surface area contributed by atoms with Gasteiger partial charge in [-0.15, -0.1) is 0 Å². The molecule has 4 aromatic rings. The monoisotopic (exact) mass is 546 g/mol. The maximum Gasteiger partial charge on any atom is 0.336 e. The van der Waals surface area contributed by atoms with Crippen LogP contribution in [-0.4, -0.2) is 28.4 Å². The number of fused-ring (bicyclic) bond motifs is 1. The van der Waals surface area contributed by atoms with E-state index in [1.807, 2.05) is 81.4 Å². The summed E-state index contributed by atoms with van der Waals surface area (Å²) in [4.78, 5) is 25.0. The molecule has 0 bridgehead atoms. The second-order valence-corrected chi connectivity index (χ2v) is 11.5. The number of hydrogen-bond acceptors (Lipinski definition) is 4. The SMILES string of the molecule is CC(C)(C)NC(=O)c1ccc(-c2cccc(C3CC(c4ccccc4)c4cc(C(=N)N)ccc4N3)c2)c(C(=O)O)c1. The van der Waals surface area contributed by atoms with Crippen molar-refractivity contribution in [2.24, 2.45) is 5.73 Å². The maximum atomic E-state index is 12.7. The number of hydrogen-bond donors (Lipinski definition) is 5. The number of anilines is 1. The Bertz CT molecular complexity index is 1640. The van der Waals surface area contributed by atoms with Crippen LogP contribution in [-0.2, 0) is 0 Å². The van der Waals surface area contributed by atoms with Gasteiger partial charge in [0.25, 0.3) is 5.91 Å². The van der Waals surface area contributed by atoms with Gasteiger partial charge in [-0.05, 0) is 91.4 Å². The molecular weight excluding hydrogens is 512 g/mol. The van der Waals surface area contributed by atoms with Crippen molar-refractivity contribution in [3.05, 3.63) is 124 Å². The number of aromatic carboxylic acids is 1. The van der Waals surface area contributed by atoms with Crippen molar-refractivity contribution in [2.45, 2.75) is 44.7 Å². The molecule has 1 heterocycles. The van der Waals surface area contributed by atoms with Crippen molar-refractivity contribution in [1.29, 1.82) is 5.41 Å². The number of benzene rings is 4. The van der Waals surface area contributed by atoms with Crippen LogP contribution in [0.2, 0.25) is 0 Å². The molecule has 0 aromatic heterocycles. The minimum absolute atomic E-state index is 0.0329. The third-order valence-corrected chi connectivity index (χ3v) is 7.34. The molecule has 0 fully saturated rings. The topological polar surface area (TPSA) is 128 Å². The quantitative estimate of drug-likeness (QED) is 0.138. The van der Waals surface area contributed by atoms with Gasteiger partial charge in [-0.1, -0.05) is 54.6 Å². The van der Waals surface area contributed by atoms with E-state index in [1.165, 1.54) is 11.6 Å². The number of nitrogens with one attached hydrogen (secondary N) is 3. The molecule has 1 amide bonds. The summed E-state index contributed by atoms with van der Waals surface area (Å²) in [5, 5.41) is 24.5. The number of nitrogens with two attached hydrogens (primary N) is 1. The first-order valence-corrected chi connectivity index (χ1v) is 13.6. The van der Waals surface area contributed by atoms with E-state index in [-0.39, 0.29) is 29.3 Å². The van der Waals surface area contributed by atoms with Gasteiger partial charge in [0.15, 0.2) is 0 Å². The van der Waals surface area contributed by atoms with Gasteiger partial charge in [0.1, 0.15) is 5.84 Å². The van der Waals surface area contributed by atoms with Crippen molar-refractivity contribution in [3.8, 4) is 11.1 Å². The molecule has 7 nitrogen and oxygen atoms in total. The lowest BCUT2D eigenvalue weighted by Crippen LogP contribution is -2.40. The summed E-state index contributed by atoms with van der Waals surface area (Å²) < 4.78 is 0. The molecule has 2 unspecified atom stereocenters. The first kappa shape index (κ1) is 27.6. The van der Waals surface area contributed by atoms with Crippen LogP contribution in [0, 0.1) is 5.41 Å². The number of amides is 1. The third kappa shape index (κ3) is 5.99. The second kappa shape index (κ2) is 10.9. The summed E-state index contributed by atoms with van der Waals surface area (Å²) in [6.07, 6.45) is 0.763. The largest absolute Gasteiger partial charge is 0.478 e. The first-order chi connectivity index (χ1) is 19.5. The van der Waals surface area contributed by atoms with Gasteiger partial charge in [0, 0.05) is 28.3 Å². The molecule has 0 aliphatic carbocycles. The minimum Gasteiger partial charge on any atom is -0.478 e. The minimum atomic E-state index is -1.09. The highest BCUT2D eigenvalue weighted by Gasteiger charge is 2.29. The standard InChI is InChI=1S/C34H34N4O3/c1-34(2,3)38-32(39)24-12-14-25(28(18-24)33(40)41)21-10-7-11-22(16-21)30-19-26(20-8-5-4-6-9-20)27-17-23(31(35)36)13-15-29(27)37-30/h4-18,26,30,37H,19H2,1-3H3,(H3,35,36)(H,38,39)(H,40,41). The smallest absolute Gasteiger partial charge is 0.336 e. The maximum absolute atomic E-state index is 12.7. The van der Waals surface area contributed by atoms with Gasteiger partial charge < -0.3 is 21.5 Å². The van der Waals surface area contributed by atoms with Gasteiger partial charge >= 0.3 is 5.97 Å². The number of nitrogen functional groups attached to an aromatic ring is 1. The summed E-state index contributed by atoms with van der Waals surface area (Å²) >= 11 is 0. The molecule has 41 heavy (non-hydrogen) atoms.